The van der Waals surface area contributed by atoms with Gasteiger partial charge in [-0.3, -0.25) is 4.79 Å². The number of halogens is 2. The molecule has 6 nitrogen and oxygen atoms in total. The fourth-order valence-electron chi connectivity index (χ4n) is 2.38. The van der Waals surface area contributed by atoms with Crippen molar-refractivity contribution in [3.8, 4) is 0 Å². The molecule has 116 valence electrons. The summed E-state index contributed by atoms with van der Waals surface area (Å²) in [5, 5.41) is 6.28. The van der Waals surface area contributed by atoms with Crippen LogP contribution in [-0.2, 0) is 0 Å². The van der Waals surface area contributed by atoms with Crippen LogP contribution in [0, 0.1) is 18.6 Å². The predicted octanol–water partition coefficient (Wildman–Crippen LogP) is 1.56. The Hall–Kier alpha value is -2.32. The summed E-state index contributed by atoms with van der Waals surface area (Å²) in [4.78, 5) is 11.9. The molecule has 2 atom stereocenters. The highest BCUT2D eigenvalue weighted by Gasteiger charge is 2.30. The van der Waals surface area contributed by atoms with Crippen molar-refractivity contribution in [1.82, 2.24) is 21.3 Å². The van der Waals surface area contributed by atoms with E-state index in [4.69, 9.17) is 4.52 Å². The Bertz CT molecular complexity index is 684. The summed E-state index contributed by atoms with van der Waals surface area (Å²) in [7, 11) is 0. The summed E-state index contributed by atoms with van der Waals surface area (Å²) < 4.78 is 32.3. The van der Waals surface area contributed by atoms with Crippen LogP contribution in [0.2, 0.25) is 0 Å². The van der Waals surface area contributed by atoms with Crippen molar-refractivity contribution in [2.75, 3.05) is 0 Å². The summed E-state index contributed by atoms with van der Waals surface area (Å²) in [6.45, 7) is 1.70. The molecule has 2 aromatic rings. The summed E-state index contributed by atoms with van der Waals surface area (Å²) in [6.07, 6.45) is -0.196. The van der Waals surface area contributed by atoms with Gasteiger partial charge in [-0.05, 0) is 19.1 Å². The Morgan fingerprint density at radius 3 is 2.73 bits per heavy atom. The zero-order chi connectivity index (χ0) is 15.7. The van der Waals surface area contributed by atoms with Crippen molar-refractivity contribution in [1.29, 1.82) is 0 Å². The lowest BCUT2D eigenvalue weighted by atomic mass is 10.0. The Morgan fingerprint density at radius 2 is 2.09 bits per heavy atom. The van der Waals surface area contributed by atoms with Crippen molar-refractivity contribution in [2.24, 2.45) is 0 Å². The molecule has 3 N–H and O–H groups in total. The van der Waals surface area contributed by atoms with Crippen molar-refractivity contribution in [3.05, 3.63) is 52.9 Å². The molecule has 2 heterocycles. The zero-order valence-corrected chi connectivity index (χ0v) is 11.7. The minimum atomic E-state index is -0.628. The molecular weight excluding hydrogens is 294 g/mol. The maximum atomic E-state index is 13.7. The molecule has 2 unspecified atom stereocenters. The van der Waals surface area contributed by atoms with Crippen LogP contribution in [0.3, 0.4) is 0 Å². The van der Waals surface area contributed by atoms with Gasteiger partial charge in [0.15, 0.2) is 0 Å². The standard InChI is InChI=1S/C14H14F2N4O2/c1-7-5-11(22-20-7)14(21)17-12-6-10(18-19-12)13-8(15)3-2-4-9(13)16/h2-5,10,12,18-19H,6H2,1H3,(H,17,21). The predicted molar refractivity (Wildman–Crippen MR) is 72.5 cm³/mol. The van der Waals surface area contributed by atoms with E-state index in [1.807, 2.05) is 0 Å². The van der Waals surface area contributed by atoms with E-state index in [2.05, 4.69) is 21.3 Å². The van der Waals surface area contributed by atoms with E-state index in [0.717, 1.165) is 0 Å². The fourth-order valence-corrected chi connectivity index (χ4v) is 2.38. The van der Waals surface area contributed by atoms with E-state index in [0.29, 0.717) is 5.69 Å². The Labute approximate surface area is 124 Å². The average molecular weight is 308 g/mol. The first-order valence-corrected chi connectivity index (χ1v) is 6.73. The van der Waals surface area contributed by atoms with Crippen LogP contribution in [0.4, 0.5) is 8.78 Å². The van der Waals surface area contributed by atoms with Crippen LogP contribution in [0.15, 0.2) is 28.8 Å². The molecule has 0 aliphatic carbocycles. The molecule has 0 radical (unpaired) electrons. The normalized spacial score (nSPS) is 21.0. The van der Waals surface area contributed by atoms with Gasteiger partial charge in [0.2, 0.25) is 5.76 Å². The second-order valence-electron chi connectivity index (χ2n) is 5.07. The van der Waals surface area contributed by atoms with Crippen LogP contribution < -0.4 is 16.2 Å². The number of aryl methyl sites for hydroxylation is 1. The van der Waals surface area contributed by atoms with Gasteiger partial charge in [-0.15, -0.1) is 0 Å². The fraction of sp³-hybridized carbons (Fsp3) is 0.286. The molecule has 0 bridgehead atoms. The van der Waals surface area contributed by atoms with E-state index in [-0.39, 0.29) is 17.7 Å². The van der Waals surface area contributed by atoms with Gasteiger partial charge in [-0.2, -0.15) is 0 Å². The average Bonchev–Trinajstić information content (AvgIpc) is 3.08. The lowest BCUT2D eigenvalue weighted by Gasteiger charge is -2.12. The van der Waals surface area contributed by atoms with Gasteiger partial charge in [0.05, 0.1) is 17.9 Å². The minimum Gasteiger partial charge on any atom is -0.351 e. The lowest BCUT2D eigenvalue weighted by Crippen LogP contribution is -2.44. The number of nitrogens with one attached hydrogen (secondary N) is 3. The maximum absolute atomic E-state index is 13.7. The van der Waals surface area contributed by atoms with Gasteiger partial charge >= 0.3 is 0 Å². The number of benzene rings is 1. The molecule has 1 aromatic heterocycles. The first-order chi connectivity index (χ1) is 10.5. The molecule has 1 aliphatic rings. The van der Waals surface area contributed by atoms with Crippen LogP contribution in [0.1, 0.15) is 34.3 Å². The number of nitrogens with zero attached hydrogens (tertiary/aromatic N) is 1. The number of carbonyl (C=O) groups is 1. The molecule has 1 fully saturated rings. The molecule has 0 saturated carbocycles. The van der Waals surface area contributed by atoms with Gasteiger partial charge in [-0.25, -0.2) is 19.6 Å². The molecule has 1 saturated heterocycles. The van der Waals surface area contributed by atoms with Gasteiger partial charge in [0.25, 0.3) is 5.91 Å². The SMILES string of the molecule is Cc1cc(C(=O)NC2CC(c3c(F)cccc3F)NN2)on1. The molecule has 1 aliphatic heterocycles. The third-order valence-electron chi connectivity index (χ3n) is 3.41. The van der Waals surface area contributed by atoms with E-state index < -0.39 is 29.7 Å². The molecule has 1 amide bonds. The lowest BCUT2D eigenvalue weighted by molar-refractivity contribution is 0.0895. The van der Waals surface area contributed by atoms with Gasteiger partial charge in [0, 0.05) is 18.1 Å². The monoisotopic (exact) mass is 308 g/mol. The number of hydrogen-bond donors (Lipinski definition) is 3. The van der Waals surface area contributed by atoms with Crippen LogP contribution in [0.5, 0.6) is 0 Å². The number of carbonyl (C=O) groups excluding carboxylic acids is 1. The molecule has 8 heteroatoms. The van der Waals surface area contributed by atoms with Crippen LogP contribution in [0.25, 0.3) is 0 Å². The third kappa shape index (κ3) is 2.83. The first-order valence-electron chi connectivity index (χ1n) is 6.73. The molecule has 3 rings (SSSR count). The van der Waals surface area contributed by atoms with Crippen LogP contribution in [-0.4, -0.2) is 17.2 Å². The van der Waals surface area contributed by atoms with Gasteiger partial charge in [-0.1, -0.05) is 11.2 Å². The number of amides is 1. The summed E-state index contributed by atoms with van der Waals surface area (Å²) in [6, 6.07) is 4.63. The Kier molecular flexibility index (Phi) is 3.86. The van der Waals surface area contributed by atoms with E-state index in [9.17, 15) is 13.6 Å². The first kappa shape index (κ1) is 14.6. The summed E-state index contributed by atoms with van der Waals surface area (Å²) in [5.74, 6) is -1.62. The molecule has 1 aromatic carbocycles. The van der Waals surface area contributed by atoms with Gasteiger partial charge in [0.1, 0.15) is 11.6 Å². The highest BCUT2D eigenvalue weighted by molar-refractivity contribution is 5.91. The number of aromatic nitrogens is 1. The van der Waals surface area contributed by atoms with E-state index in [1.54, 1.807) is 6.92 Å². The molecular formula is C14H14F2N4O2. The number of rotatable bonds is 3. The van der Waals surface area contributed by atoms with E-state index >= 15 is 0 Å². The highest BCUT2D eigenvalue weighted by Crippen LogP contribution is 2.26. The van der Waals surface area contributed by atoms with Crippen molar-refractivity contribution < 1.29 is 18.1 Å². The van der Waals surface area contributed by atoms with Crippen molar-refractivity contribution in [3.63, 3.8) is 0 Å². The van der Waals surface area contributed by atoms with Crippen LogP contribution >= 0.6 is 0 Å². The van der Waals surface area contributed by atoms with E-state index in [1.165, 1.54) is 24.3 Å². The second-order valence-corrected chi connectivity index (χ2v) is 5.07. The minimum absolute atomic E-state index is 0.0535. The second kappa shape index (κ2) is 5.82. The molecule has 22 heavy (non-hydrogen) atoms. The van der Waals surface area contributed by atoms with Crippen molar-refractivity contribution >= 4 is 5.91 Å². The molecule has 0 spiro atoms. The number of hydrazine groups is 1. The highest BCUT2D eigenvalue weighted by atomic mass is 19.1. The smallest absolute Gasteiger partial charge is 0.291 e. The largest absolute Gasteiger partial charge is 0.351 e. The number of hydrogen-bond acceptors (Lipinski definition) is 5. The Balaban J connectivity index is 1.66. The van der Waals surface area contributed by atoms with Crippen molar-refractivity contribution in [2.45, 2.75) is 25.6 Å². The topological polar surface area (TPSA) is 79.2 Å². The third-order valence-corrected chi connectivity index (χ3v) is 3.41. The quantitative estimate of drug-likeness (QED) is 0.802. The zero-order valence-electron chi connectivity index (χ0n) is 11.7. The maximum Gasteiger partial charge on any atom is 0.291 e. The van der Waals surface area contributed by atoms with Gasteiger partial charge < -0.3 is 9.84 Å². The summed E-state index contributed by atoms with van der Waals surface area (Å²) >= 11 is 0. The Morgan fingerprint density at radius 1 is 1.36 bits per heavy atom. The summed E-state index contributed by atoms with van der Waals surface area (Å²) in [5.41, 5.74) is 6.10.